The molecule has 0 aliphatic heterocycles. The van der Waals surface area contributed by atoms with Crippen LogP contribution in [0.25, 0.3) is 0 Å². The lowest BCUT2D eigenvalue weighted by molar-refractivity contribution is -0.114. The van der Waals surface area contributed by atoms with Gasteiger partial charge in [-0.3, -0.25) is 14.7 Å². The first-order valence-electron chi connectivity index (χ1n) is 6.86. The van der Waals surface area contributed by atoms with Gasteiger partial charge in [0.05, 0.1) is 0 Å². The van der Waals surface area contributed by atoms with Crippen LogP contribution in [0.1, 0.15) is 26.6 Å². The molecule has 1 aromatic carbocycles. The summed E-state index contributed by atoms with van der Waals surface area (Å²) in [7, 11) is 0. The van der Waals surface area contributed by atoms with Gasteiger partial charge in [0.25, 0.3) is 5.78 Å². The summed E-state index contributed by atoms with van der Waals surface area (Å²) < 4.78 is 12.9. The van der Waals surface area contributed by atoms with Crippen molar-refractivity contribution >= 4 is 22.9 Å². The zero-order valence-corrected chi connectivity index (χ0v) is 12.8. The number of carbonyl (C=O) groups excluding carboxylic acids is 2. The molecule has 0 amide bonds. The molecule has 0 radical (unpaired) electrons. The minimum Gasteiger partial charge on any atom is -0.290 e. The molecule has 0 atom stereocenters. The Morgan fingerprint density at radius 1 is 1.17 bits per heavy atom. The maximum atomic E-state index is 12.9. The minimum absolute atomic E-state index is 0.0292. The van der Waals surface area contributed by atoms with Crippen molar-refractivity contribution < 1.29 is 14.0 Å². The molecule has 1 N–H and O–H groups in total. The number of thiophene rings is 1. The van der Waals surface area contributed by atoms with E-state index in [2.05, 4.69) is 15.2 Å². The predicted octanol–water partition coefficient (Wildman–Crippen LogP) is 2.59. The molecule has 5 nitrogen and oxygen atoms in total. The molecule has 23 heavy (non-hydrogen) atoms. The van der Waals surface area contributed by atoms with Crippen molar-refractivity contribution in [2.45, 2.75) is 12.8 Å². The maximum absolute atomic E-state index is 12.9. The number of aromatic nitrogens is 3. The number of nitrogens with one attached hydrogen (secondary N) is 1. The molecular weight excluding hydrogens is 317 g/mol. The first-order valence-corrected chi connectivity index (χ1v) is 7.74. The van der Waals surface area contributed by atoms with Gasteiger partial charge in [0, 0.05) is 11.3 Å². The largest absolute Gasteiger partial charge is 0.290 e. The third kappa shape index (κ3) is 3.75. The number of Topliss-reactive ketones (excluding diaryl/α,β-unsaturated/α-hetero) is 2. The molecule has 0 fully saturated rings. The van der Waals surface area contributed by atoms with Crippen LogP contribution in [-0.4, -0.2) is 26.7 Å². The van der Waals surface area contributed by atoms with Gasteiger partial charge in [-0.1, -0.05) is 12.1 Å². The van der Waals surface area contributed by atoms with Crippen LogP contribution in [0.2, 0.25) is 0 Å². The molecule has 2 aromatic heterocycles. The Hall–Kier alpha value is -2.67. The van der Waals surface area contributed by atoms with Gasteiger partial charge in [-0.25, -0.2) is 9.37 Å². The number of carbonyl (C=O) groups is 2. The molecule has 0 bridgehead atoms. The van der Waals surface area contributed by atoms with Crippen LogP contribution in [0, 0.1) is 5.82 Å². The van der Waals surface area contributed by atoms with Gasteiger partial charge in [-0.15, -0.1) is 16.4 Å². The zero-order chi connectivity index (χ0) is 16.2. The van der Waals surface area contributed by atoms with E-state index in [1.807, 2.05) is 11.4 Å². The summed E-state index contributed by atoms with van der Waals surface area (Å²) in [6.45, 7) is 0. The van der Waals surface area contributed by atoms with Gasteiger partial charge in [-0.05, 0) is 41.1 Å². The second-order valence-electron chi connectivity index (χ2n) is 4.98. The van der Waals surface area contributed by atoms with Gasteiger partial charge in [-0.2, -0.15) is 0 Å². The highest BCUT2D eigenvalue weighted by molar-refractivity contribution is 7.10. The van der Waals surface area contributed by atoms with Gasteiger partial charge in [0.15, 0.2) is 0 Å². The van der Waals surface area contributed by atoms with Gasteiger partial charge in [0.1, 0.15) is 12.1 Å². The SMILES string of the molecule is O=C(Cc1cc(Cc2ccc(F)cc2)cs1)C(=O)c1nc[nH]n1. The Balaban J connectivity index is 1.64. The Kier molecular flexibility index (Phi) is 4.38. The van der Waals surface area contributed by atoms with E-state index in [1.54, 1.807) is 12.1 Å². The molecule has 0 spiro atoms. The third-order valence-electron chi connectivity index (χ3n) is 3.24. The third-order valence-corrected chi connectivity index (χ3v) is 4.22. The number of nitrogens with zero attached hydrogens (tertiary/aromatic N) is 2. The average Bonchev–Trinajstić information content (AvgIpc) is 3.21. The van der Waals surface area contributed by atoms with E-state index in [-0.39, 0.29) is 18.1 Å². The molecule has 0 aliphatic rings. The highest BCUT2D eigenvalue weighted by atomic mass is 32.1. The molecule has 7 heteroatoms. The summed E-state index contributed by atoms with van der Waals surface area (Å²) in [5.74, 6) is -1.62. The summed E-state index contributed by atoms with van der Waals surface area (Å²) in [4.78, 5) is 28.2. The van der Waals surface area contributed by atoms with Crippen LogP contribution in [0.4, 0.5) is 4.39 Å². The van der Waals surface area contributed by atoms with Crippen LogP contribution in [-0.2, 0) is 17.6 Å². The number of hydrogen-bond donors (Lipinski definition) is 1. The number of aromatic amines is 1. The van der Waals surface area contributed by atoms with E-state index >= 15 is 0 Å². The number of rotatable bonds is 6. The van der Waals surface area contributed by atoms with E-state index in [0.29, 0.717) is 6.42 Å². The number of halogens is 1. The van der Waals surface area contributed by atoms with Crippen LogP contribution < -0.4 is 0 Å². The summed E-state index contributed by atoms with van der Waals surface area (Å²) in [5.41, 5.74) is 2.01. The molecule has 0 aliphatic carbocycles. The van der Waals surface area contributed by atoms with Crippen molar-refractivity contribution in [1.29, 1.82) is 0 Å². The van der Waals surface area contributed by atoms with Gasteiger partial charge >= 0.3 is 0 Å². The normalized spacial score (nSPS) is 10.7. The molecule has 0 unspecified atom stereocenters. The van der Waals surface area contributed by atoms with E-state index in [4.69, 9.17) is 0 Å². The summed E-state index contributed by atoms with van der Waals surface area (Å²) in [6.07, 6.45) is 1.94. The molecular formula is C16H12FN3O2S. The number of ketones is 2. The highest BCUT2D eigenvalue weighted by Crippen LogP contribution is 2.19. The van der Waals surface area contributed by atoms with Crippen LogP contribution in [0.5, 0.6) is 0 Å². The summed E-state index contributed by atoms with van der Waals surface area (Å²) in [6, 6.07) is 8.18. The fraction of sp³-hybridized carbons (Fsp3) is 0.125. The topological polar surface area (TPSA) is 75.7 Å². The lowest BCUT2D eigenvalue weighted by atomic mass is 10.1. The van der Waals surface area contributed by atoms with E-state index in [0.717, 1.165) is 16.0 Å². The number of hydrogen-bond acceptors (Lipinski definition) is 5. The fourth-order valence-corrected chi connectivity index (χ4v) is 3.02. The van der Waals surface area contributed by atoms with Crippen molar-refractivity contribution in [2.75, 3.05) is 0 Å². The van der Waals surface area contributed by atoms with Gasteiger partial charge in [0.2, 0.25) is 11.6 Å². The number of H-pyrrole nitrogens is 1. The molecule has 0 saturated heterocycles. The molecule has 3 rings (SSSR count). The Morgan fingerprint density at radius 2 is 1.96 bits per heavy atom. The second-order valence-corrected chi connectivity index (χ2v) is 5.97. The van der Waals surface area contributed by atoms with Crippen molar-refractivity contribution in [1.82, 2.24) is 15.2 Å². The molecule has 116 valence electrons. The smallest absolute Gasteiger partial charge is 0.267 e. The summed E-state index contributed by atoms with van der Waals surface area (Å²) in [5, 5.41) is 7.95. The van der Waals surface area contributed by atoms with Crippen molar-refractivity contribution in [3.8, 4) is 0 Å². The summed E-state index contributed by atoms with van der Waals surface area (Å²) >= 11 is 1.42. The first-order chi connectivity index (χ1) is 11.1. The second kappa shape index (κ2) is 6.62. The first kappa shape index (κ1) is 15.2. The van der Waals surface area contributed by atoms with Crippen LogP contribution >= 0.6 is 11.3 Å². The predicted molar refractivity (Wildman–Crippen MR) is 82.9 cm³/mol. The molecule has 0 saturated carbocycles. The van der Waals surface area contributed by atoms with Gasteiger partial charge < -0.3 is 0 Å². The number of benzene rings is 1. The Labute approximate surface area is 135 Å². The van der Waals surface area contributed by atoms with Crippen LogP contribution in [0.15, 0.2) is 42.0 Å². The van der Waals surface area contributed by atoms with Crippen LogP contribution in [0.3, 0.4) is 0 Å². The Bertz CT molecular complexity index is 825. The average molecular weight is 329 g/mol. The molecule has 2 heterocycles. The monoisotopic (exact) mass is 329 g/mol. The zero-order valence-electron chi connectivity index (χ0n) is 12.0. The lowest BCUT2D eigenvalue weighted by Gasteiger charge is -1.98. The fourth-order valence-electron chi connectivity index (χ4n) is 2.13. The molecule has 3 aromatic rings. The quantitative estimate of drug-likeness (QED) is 0.557. The van der Waals surface area contributed by atoms with Crippen molar-refractivity contribution in [2.24, 2.45) is 0 Å². The maximum Gasteiger partial charge on any atom is 0.267 e. The van der Waals surface area contributed by atoms with Crippen molar-refractivity contribution in [3.05, 3.63) is 69.7 Å². The highest BCUT2D eigenvalue weighted by Gasteiger charge is 2.20. The Morgan fingerprint density at radius 3 is 2.65 bits per heavy atom. The standard InChI is InChI=1S/C16H12FN3O2S/c17-12-3-1-10(2-4-12)5-11-6-13(23-8-11)7-14(21)15(22)16-18-9-19-20-16/h1-4,6,8-9H,5,7H2,(H,18,19,20). The van der Waals surface area contributed by atoms with E-state index in [9.17, 15) is 14.0 Å². The lowest BCUT2D eigenvalue weighted by Crippen LogP contribution is -2.17. The van der Waals surface area contributed by atoms with Crippen molar-refractivity contribution in [3.63, 3.8) is 0 Å². The minimum atomic E-state index is -0.695. The van der Waals surface area contributed by atoms with E-state index in [1.165, 1.54) is 29.8 Å². The van der Waals surface area contributed by atoms with E-state index < -0.39 is 11.6 Å².